The van der Waals surface area contributed by atoms with Gasteiger partial charge in [0.15, 0.2) is 11.5 Å². The maximum absolute atomic E-state index is 14.1. The van der Waals surface area contributed by atoms with Crippen molar-refractivity contribution in [1.82, 2.24) is 15.2 Å². The normalized spacial score (nSPS) is 15.3. The number of piperidine rings is 1. The summed E-state index contributed by atoms with van der Waals surface area (Å²) in [5.74, 6) is -0.959. The minimum Gasteiger partial charge on any atom is -0.493 e. The van der Waals surface area contributed by atoms with Gasteiger partial charge in [-0.15, -0.1) is 12.4 Å². The van der Waals surface area contributed by atoms with Gasteiger partial charge in [0, 0.05) is 40.8 Å². The Bertz CT molecular complexity index is 1750. The number of amides is 1. The first-order chi connectivity index (χ1) is 19.2. The van der Waals surface area contributed by atoms with Crippen LogP contribution in [0.15, 0.2) is 53.4 Å². The average molecular weight is 600 g/mol. The summed E-state index contributed by atoms with van der Waals surface area (Å²) in [4.78, 5) is 18.5. The zero-order valence-electron chi connectivity index (χ0n) is 22.8. The summed E-state index contributed by atoms with van der Waals surface area (Å²) < 4.78 is 51.4. The van der Waals surface area contributed by atoms with Crippen LogP contribution in [0.3, 0.4) is 0 Å². The second kappa shape index (κ2) is 11.3. The molecule has 3 aromatic carbocycles. The molecule has 1 saturated heterocycles. The van der Waals surface area contributed by atoms with E-state index in [0.717, 1.165) is 36.6 Å². The van der Waals surface area contributed by atoms with Crippen LogP contribution in [-0.4, -0.2) is 44.4 Å². The molecule has 6 rings (SSSR count). The van der Waals surface area contributed by atoms with E-state index < -0.39 is 15.9 Å². The maximum atomic E-state index is 14.1. The van der Waals surface area contributed by atoms with E-state index in [2.05, 4.69) is 27.3 Å². The number of rotatable bonds is 7. The Labute approximate surface area is 244 Å². The fourth-order valence-corrected chi connectivity index (χ4v) is 6.50. The van der Waals surface area contributed by atoms with E-state index in [1.54, 1.807) is 6.07 Å². The number of nitrogens with one attached hydrogen (secondary N) is 2. The van der Waals surface area contributed by atoms with Crippen LogP contribution in [-0.2, 0) is 23.2 Å². The van der Waals surface area contributed by atoms with Crippen molar-refractivity contribution >= 4 is 39.3 Å². The van der Waals surface area contributed by atoms with E-state index in [9.17, 15) is 17.6 Å². The third kappa shape index (κ3) is 5.51. The number of H-pyrrole nitrogens is 1. The van der Waals surface area contributed by atoms with Crippen molar-refractivity contribution in [2.75, 3.05) is 20.2 Å². The van der Waals surface area contributed by atoms with Gasteiger partial charge in [0.1, 0.15) is 10.7 Å². The van der Waals surface area contributed by atoms with E-state index >= 15 is 0 Å². The predicted molar refractivity (Wildman–Crippen MR) is 157 cm³/mol. The van der Waals surface area contributed by atoms with Crippen LogP contribution in [0.1, 0.15) is 46.3 Å². The molecule has 0 saturated carbocycles. The number of aromatic amines is 1. The Kier molecular flexibility index (Phi) is 8.00. The van der Waals surface area contributed by atoms with Gasteiger partial charge in [-0.05, 0) is 80.4 Å². The number of aryl methyl sites for hydroxylation is 1. The molecule has 0 spiro atoms. The number of benzene rings is 3. The van der Waals surface area contributed by atoms with Crippen LogP contribution in [0.2, 0.25) is 0 Å². The Balaban J connectivity index is 0.00000337. The predicted octanol–water partition coefficient (Wildman–Crippen LogP) is 5.71. The smallest absolute Gasteiger partial charge is 0.339 e. The highest BCUT2D eigenvalue weighted by Crippen LogP contribution is 2.43. The van der Waals surface area contributed by atoms with Crippen molar-refractivity contribution in [3.05, 3.63) is 76.6 Å². The van der Waals surface area contributed by atoms with Crippen molar-refractivity contribution in [3.63, 3.8) is 0 Å². The Morgan fingerprint density at radius 1 is 1.02 bits per heavy atom. The molecule has 2 aliphatic rings. The molecule has 1 fully saturated rings. The van der Waals surface area contributed by atoms with Gasteiger partial charge in [-0.3, -0.25) is 9.69 Å². The molecule has 1 amide bonds. The summed E-state index contributed by atoms with van der Waals surface area (Å²) in [6, 6.07) is 13.5. The molecule has 0 radical (unpaired) electrons. The fraction of sp³-hybridized carbons (Fsp3) is 0.300. The van der Waals surface area contributed by atoms with Crippen molar-refractivity contribution in [1.29, 1.82) is 0 Å². The van der Waals surface area contributed by atoms with Crippen LogP contribution in [0.5, 0.6) is 11.5 Å². The number of carbonyl (C=O) groups is 1. The number of fused-ring (bicyclic) bond motifs is 2. The lowest BCUT2D eigenvalue weighted by atomic mass is 9.98. The van der Waals surface area contributed by atoms with Crippen molar-refractivity contribution < 1.29 is 26.5 Å². The standard InChI is InChI=1S/C30H30FN3O5S.ClH/c1-18-6-8-21(14-24(18)31)40(36,37)39-29-23-16-32-30(35)28(23)22(15-27(29)38-2)26-13-20-12-19(7-9-25(20)33-26)17-34-10-4-3-5-11-34;/h6-9,12-15,33H,3-5,10-11,16-17H2,1-2H3,(H,32,35);1H. The highest BCUT2D eigenvalue weighted by atomic mass is 35.5. The molecule has 0 aliphatic carbocycles. The van der Waals surface area contributed by atoms with Crippen molar-refractivity contribution in [2.45, 2.75) is 44.2 Å². The number of carbonyl (C=O) groups excluding carboxylic acids is 1. The van der Waals surface area contributed by atoms with Crippen LogP contribution in [0.25, 0.3) is 22.2 Å². The van der Waals surface area contributed by atoms with E-state index in [4.69, 9.17) is 8.92 Å². The summed E-state index contributed by atoms with van der Waals surface area (Å²) in [6.45, 7) is 4.72. The Morgan fingerprint density at radius 3 is 2.54 bits per heavy atom. The molecule has 11 heteroatoms. The van der Waals surface area contributed by atoms with Gasteiger partial charge < -0.3 is 19.2 Å². The first-order valence-electron chi connectivity index (χ1n) is 13.3. The first kappa shape index (κ1) is 28.9. The molecule has 0 unspecified atom stereocenters. The summed E-state index contributed by atoms with van der Waals surface area (Å²) in [6.07, 6.45) is 3.75. The SMILES string of the molecule is COc1cc(-c2cc3cc(CN4CCCCC4)ccc3[nH]2)c2c(c1OS(=O)(=O)c1ccc(C)c(F)c1)CNC2=O.Cl. The summed E-state index contributed by atoms with van der Waals surface area (Å²) in [5.41, 5.74) is 4.40. The van der Waals surface area contributed by atoms with Gasteiger partial charge in [-0.25, -0.2) is 4.39 Å². The monoisotopic (exact) mass is 599 g/mol. The fourth-order valence-electron chi connectivity index (χ4n) is 5.52. The summed E-state index contributed by atoms with van der Waals surface area (Å²) in [5, 5.41) is 3.78. The van der Waals surface area contributed by atoms with Crippen LogP contribution in [0, 0.1) is 12.7 Å². The van der Waals surface area contributed by atoms with E-state index in [1.807, 2.05) is 12.1 Å². The molecule has 41 heavy (non-hydrogen) atoms. The van der Waals surface area contributed by atoms with E-state index in [-0.39, 0.29) is 41.3 Å². The molecule has 3 heterocycles. The lowest BCUT2D eigenvalue weighted by Gasteiger charge is -2.26. The lowest BCUT2D eigenvalue weighted by Crippen LogP contribution is -2.28. The number of halogens is 2. The van der Waals surface area contributed by atoms with Gasteiger partial charge in [0.05, 0.1) is 12.7 Å². The maximum Gasteiger partial charge on any atom is 0.339 e. The lowest BCUT2D eigenvalue weighted by molar-refractivity contribution is 0.0966. The van der Waals surface area contributed by atoms with E-state index in [1.165, 1.54) is 51.0 Å². The number of hydrogen-bond donors (Lipinski definition) is 2. The molecule has 2 N–H and O–H groups in total. The number of hydrogen-bond acceptors (Lipinski definition) is 6. The third-order valence-electron chi connectivity index (χ3n) is 7.67. The molecule has 8 nitrogen and oxygen atoms in total. The number of aromatic nitrogens is 1. The molecule has 4 aromatic rings. The highest BCUT2D eigenvalue weighted by molar-refractivity contribution is 7.87. The van der Waals surface area contributed by atoms with Gasteiger partial charge in [0.2, 0.25) is 0 Å². The van der Waals surface area contributed by atoms with Gasteiger partial charge in [0.25, 0.3) is 5.91 Å². The average Bonchev–Trinajstić information content (AvgIpc) is 3.54. The Morgan fingerprint density at radius 2 is 1.80 bits per heavy atom. The second-order valence-electron chi connectivity index (χ2n) is 10.4. The Hall–Kier alpha value is -3.60. The number of likely N-dealkylation sites (tertiary alicyclic amines) is 1. The number of ether oxygens (including phenoxy) is 1. The quantitative estimate of drug-likeness (QED) is 0.264. The minimum absolute atomic E-state index is 0. The molecular formula is C30H31ClFN3O5S. The van der Waals surface area contributed by atoms with Gasteiger partial charge >= 0.3 is 10.1 Å². The molecular weight excluding hydrogens is 569 g/mol. The van der Waals surface area contributed by atoms with Crippen molar-refractivity contribution in [3.8, 4) is 22.8 Å². The van der Waals surface area contributed by atoms with Gasteiger partial charge in [-0.2, -0.15) is 8.42 Å². The zero-order chi connectivity index (χ0) is 28.0. The van der Waals surface area contributed by atoms with Crippen LogP contribution in [0.4, 0.5) is 4.39 Å². The molecule has 1 aromatic heterocycles. The molecule has 216 valence electrons. The van der Waals surface area contributed by atoms with E-state index in [0.29, 0.717) is 27.9 Å². The van der Waals surface area contributed by atoms with Crippen LogP contribution < -0.4 is 14.2 Å². The molecule has 2 aliphatic heterocycles. The topological polar surface area (TPSA) is 101 Å². The second-order valence-corrected chi connectivity index (χ2v) is 11.9. The summed E-state index contributed by atoms with van der Waals surface area (Å²) in [7, 11) is -3.01. The minimum atomic E-state index is -4.41. The zero-order valence-corrected chi connectivity index (χ0v) is 24.4. The molecule has 0 atom stereocenters. The third-order valence-corrected chi connectivity index (χ3v) is 8.89. The van der Waals surface area contributed by atoms with Gasteiger partial charge in [-0.1, -0.05) is 18.6 Å². The molecule has 0 bridgehead atoms. The largest absolute Gasteiger partial charge is 0.493 e. The highest BCUT2D eigenvalue weighted by Gasteiger charge is 2.33. The first-order valence-corrected chi connectivity index (χ1v) is 14.7. The summed E-state index contributed by atoms with van der Waals surface area (Å²) >= 11 is 0. The van der Waals surface area contributed by atoms with Crippen LogP contribution >= 0.6 is 12.4 Å². The number of nitrogens with zero attached hydrogens (tertiary/aromatic N) is 1. The van der Waals surface area contributed by atoms with Crippen molar-refractivity contribution in [2.24, 2.45) is 0 Å². The number of methoxy groups -OCH3 is 1.